The Balaban J connectivity index is 1.43. The van der Waals surface area contributed by atoms with Crippen LogP contribution in [0.15, 0.2) is 57.4 Å². The number of sulfonamides is 1. The first kappa shape index (κ1) is 22.8. The van der Waals surface area contributed by atoms with Gasteiger partial charge < -0.3 is 4.52 Å². The van der Waals surface area contributed by atoms with E-state index in [2.05, 4.69) is 20.2 Å². The Kier molecular flexibility index (Phi) is 5.04. The van der Waals surface area contributed by atoms with Crippen LogP contribution in [0.2, 0.25) is 0 Å². The van der Waals surface area contributed by atoms with Crippen LogP contribution < -0.4 is 5.14 Å². The van der Waals surface area contributed by atoms with E-state index in [4.69, 9.17) is 9.66 Å². The van der Waals surface area contributed by atoms with Crippen molar-refractivity contribution in [1.29, 1.82) is 0 Å². The van der Waals surface area contributed by atoms with Gasteiger partial charge in [-0.15, -0.1) is 11.3 Å². The van der Waals surface area contributed by atoms with E-state index in [1.54, 1.807) is 4.52 Å². The third kappa shape index (κ3) is 4.06. The molecule has 9 nitrogen and oxygen atoms in total. The van der Waals surface area contributed by atoms with Gasteiger partial charge in [-0.1, -0.05) is 17.3 Å². The van der Waals surface area contributed by atoms with Crippen molar-refractivity contribution >= 4 is 27.0 Å². The number of nitrogens with two attached hydrogens (primary N) is 1. The van der Waals surface area contributed by atoms with Crippen molar-refractivity contribution in [3.8, 4) is 33.4 Å². The average molecular weight is 533 g/mol. The molecule has 0 spiro atoms. The van der Waals surface area contributed by atoms with Gasteiger partial charge in [0, 0.05) is 17.2 Å². The van der Waals surface area contributed by atoms with Gasteiger partial charge in [0.15, 0.2) is 5.65 Å². The van der Waals surface area contributed by atoms with Crippen molar-refractivity contribution in [2.75, 3.05) is 0 Å². The zero-order chi connectivity index (χ0) is 25.2. The third-order valence-corrected chi connectivity index (χ3v) is 8.26. The molecule has 1 aliphatic rings. The van der Waals surface area contributed by atoms with Crippen LogP contribution in [0.4, 0.5) is 13.2 Å². The molecule has 14 heteroatoms. The molecule has 2 N–H and O–H groups in total. The van der Waals surface area contributed by atoms with Crippen molar-refractivity contribution in [2.45, 2.75) is 29.1 Å². The van der Waals surface area contributed by atoms with E-state index in [-0.39, 0.29) is 21.8 Å². The van der Waals surface area contributed by atoms with Gasteiger partial charge in [0.25, 0.3) is 5.89 Å². The van der Waals surface area contributed by atoms with Gasteiger partial charge in [0.05, 0.1) is 22.3 Å². The number of fused-ring (bicyclic) bond motifs is 1. The van der Waals surface area contributed by atoms with Crippen LogP contribution in [0.5, 0.6) is 0 Å². The lowest BCUT2D eigenvalue weighted by Crippen LogP contribution is -2.09. The monoisotopic (exact) mass is 532 g/mol. The molecule has 1 fully saturated rings. The Labute approximate surface area is 205 Å². The summed E-state index contributed by atoms with van der Waals surface area (Å²) in [7, 11) is -3.86. The normalized spacial score (nSPS) is 14.6. The van der Waals surface area contributed by atoms with Crippen LogP contribution in [0.1, 0.15) is 30.0 Å². The zero-order valence-corrected chi connectivity index (χ0v) is 19.7. The second kappa shape index (κ2) is 7.94. The van der Waals surface area contributed by atoms with Crippen LogP contribution >= 0.6 is 11.3 Å². The first-order valence-corrected chi connectivity index (χ1v) is 13.0. The predicted molar refractivity (Wildman–Crippen MR) is 123 cm³/mol. The van der Waals surface area contributed by atoms with E-state index < -0.39 is 21.8 Å². The molecular formula is C22H15F3N6O3S2. The number of primary sulfonamides is 1. The highest BCUT2D eigenvalue weighted by Crippen LogP contribution is 2.42. The number of thiophene rings is 1. The molecule has 0 bridgehead atoms. The highest BCUT2D eigenvalue weighted by molar-refractivity contribution is 7.91. The Bertz CT molecular complexity index is 1720. The Morgan fingerprint density at radius 3 is 2.47 bits per heavy atom. The summed E-state index contributed by atoms with van der Waals surface area (Å²) >= 11 is 0.910. The van der Waals surface area contributed by atoms with Crippen LogP contribution in [0.3, 0.4) is 0 Å². The van der Waals surface area contributed by atoms with E-state index in [9.17, 15) is 21.6 Å². The summed E-state index contributed by atoms with van der Waals surface area (Å²) < 4.78 is 69.2. The first-order valence-electron chi connectivity index (χ1n) is 10.6. The van der Waals surface area contributed by atoms with E-state index in [1.165, 1.54) is 30.5 Å². The summed E-state index contributed by atoms with van der Waals surface area (Å²) in [5.74, 6) is 0.548. The molecule has 0 amide bonds. The molecule has 0 unspecified atom stereocenters. The summed E-state index contributed by atoms with van der Waals surface area (Å²) in [6.07, 6.45) is -0.959. The van der Waals surface area contributed by atoms with Gasteiger partial charge in [-0.3, -0.25) is 0 Å². The average Bonchev–Trinajstić information content (AvgIpc) is 3.21. The minimum absolute atomic E-state index is 0.0308. The molecular weight excluding hydrogens is 517 g/mol. The molecule has 5 aromatic rings. The SMILES string of the molecule is NS(=O)(=O)c1ccc(-c2noc(-c3cnn4c(C5CC5)cc(-c5ccc(C(F)(F)F)cc5)nc34)n2)s1. The maximum Gasteiger partial charge on any atom is 0.416 e. The Hall–Kier alpha value is -3.62. The lowest BCUT2D eigenvalue weighted by atomic mass is 10.1. The minimum Gasteiger partial charge on any atom is -0.333 e. The van der Waals surface area contributed by atoms with Crippen molar-refractivity contribution in [2.24, 2.45) is 5.14 Å². The van der Waals surface area contributed by atoms with Crippen molar-refractivity contribution in [3.63, 3.8) is 0 Å². The number of hydrogen-bond acceptors (Lipinski definition) is 8. The van der Waals surface area contributed by atoms with Gasteiger partial charge in [-0.25, -0.2) is 23.1 Å². The number of aromatic nitrogens is 5. The second-order valence-electron chi connectivity index (χ2n) is 8.30. The van der Waals surface area contributed by atoms with Gasteiger partial charge >= 0.3 is 6.18 Å². The summed E-state index contributed by atoms with van der Waals surface area (Å²) in [6.45, 7) is 0. The smallest absolute Gasteiger partial charge is 0.333 e. The Morgan fingerprint density at radius 1 is 1.08 bits per heavy atom. The highest BCUT2D eigenvalue weighted by atomic mass is 32.2. The van der Waals surface area contributed by atoms with Crippen LogP contribution in [-0.4, -0.2) is 33.2 Å². The maximum absolute atomic E-state index is 13.0. The van der Waals surface area contributed by atoms with Crippen LogP contribution in [-0.2, 0) is 16.2 Å². The topological polar surface area (TPSA) is 129 Å². The Morgan fingerprint density at radius 2 is 1.83 bits per heavy atom. The van der Waals surface area contributed by atoms with E-state index in [0.717, 1.165) is 42.0 Å². The van der Waals surface area contributed by atoms with E-state index in [1.807, 2.05) is 6.07 Å². The molecule has 1 aliphatic carbocycles. The second-order valence-corrected chi connectivity index (χ2v) is 11.2. The number of nitrogens with zero attached hydrogens (tertiary/aromatic N) is 5. The van der Waals surface area contributed by atoms with Gasteiger partial charge in [-0.05, 0) is 43.2 Å². The highest BCUT2D eigenvalue weighted by Gasteiger charge is 2.31. The molecule has 0 radical (unpaired) electrons. The number of halogens is 3. The summed E-state index contributed by atoms with van der Waals surface area (Å²) in [5, 5.41) is 13.6. The molecule has 0 atom stereocenters. The summed E-state index contributed by atoms with van der Waals surface area (Å²) in [5.41, 5.74) is 2.03. The summed E-state index contributed by atoms with van der Waals surface area (Å²) in [4.78, 5) is 9.49. The number of hydrogen-bond donors (Lipinski definition) is 1. The quantitative estimate of drug-likeness (QED) is 0.347. The van der Waals surface area contributed by atoms with E-state index >= 15 is 0 Å². The van der Waals surface area contributed by atoms with Gasteiger partial charge in [0.1, 0.15) is 9.77 Å². The van der Waals surface area contributed by atoms with Crippen molar-refractivity contribution in [1.82, 2.24) is 24.7 Å². The molecule has 1 aromatic carbocycles. The molecule has 36 heavy (non-hydrogen) atoms. The molecule has 184 valence electrons. The fourth-order valence-electron chi connectivity index (χ4n) is 3.81. The lowest BCUT2D eigenvalue weighted by Gasteiger charge is -2.10. The van der Waals surface area contributed by atoms with Crippen molar-refractivity contribution in [3.05, 3.63) is 59.9 Å². The minimum atomic E-state index is -4.43. The van der Waals surface area contributed by atoms with Crippen molar-refractivity contribution < 1.29 is 26.1 Å². The lowest BCUT2D eigenvalue weighted by molar-refractivity contribution is -0.137. The van der Waals surface area contributed by atoms with Gasteiger partial charge in [-0.2, -0.15) is 23.3 Å². The van der Waals surface area contributed by atoms with Crippen LogP contribution in [0.25, 0.3) is 39.1 Å². The van der Waals surface area contributed by atoms with Crippen LogP contribution in [0, 0.1) is 0 Å². The number of rotatable bonds is 5. The third-order valence-electron chi connectivity index (χ3n) is 5.74. The molecule has 6 rings (SSSR count). The van der Waals surface area contributed by atoms with Gasteiger partial charge in [0.2, 0.25) is 15.8 Å². The molecule has 0 saturated heterocycles. The van der Waals surface area contributed by atoms with E-state index in [0.29, 0.717) is 27.3 Å². The largest absolute Gasteiger partial charge is 0.416 e. The maximum atomic E-state index is 13.0. The fourth-order valence-corrected chi connectivity index (χ4v) is 5.47. The molecule has 0 aliphatic heterocycles. The fraction of sp³-hybridized carbons (Fsp3) is 0.182. The molecule has 1 saturated carbocycles. The molecule has 4 heterocycles. The zero-order valence-electron chi connectivity index (χ0n) is 18.1. The molecule has 4 aromatic heterocycles. The standard InChI is InChI=1S/C22H15F3N6O3S2/c23-22(24,25)13-5-3-11(4-6-13)15-9-16(12-1-2-12)31-20(28-15)14(10-27-31)21-29-19(30-34-21)17-7-8-18(35-17)36(26,32)33/h3-10,12H,1-2H2,(H2,26,32,33). The number of alkyl halides is 3. The predicted octanol–water partition coefficient (Wildman–Crippen LogP) is 4.72. The first-order chi connectivity index (χ1) is 17.1. The summed E-state index contributed by atoms with van der Waals surface area (Å²) in [6, 6.07) is 9.55. The number of benzene rings is 1.